The number of nitrogens with one attached hydrogen (secondary N) is 1. The first-order chi connectivity index (χ1) is 15.5. The molecule has 0 heterocycles. The fourth-order valence-electron chi connectivity index (χ4n) is 2.84. The van der Waals surface area contributed by atoms with Crippen LogP contribution in [-0.2, 0) is 6.61 Å². The van der Waals surface area contributed by atoms with Crippen LogP contribution >= 0.6 is 23.2 Å². The first-order valence-electron chi connectivity index (χ1n) is 9.81. The molecule has 0 fully saturated rings. The average molecular weight is 473 g/mol. The molecule has 0 aliphatic carbocycles. The summed E-state index contributed by atoms with van der Waals surface area (Å²) in [7, 11) is 1.52. The summed E-state index contributed by atoms with van der Waals surface area (Å²) in [6, 6.07) is 17.5. The molecule has 3 rings (SSSR count). The minimum atomic E-state index is -0.344. The van der Waals surface area contributed by atoms with Crippen molar-refractivity contribution < 1.29 is 19.0 Å². The predicted octanol–water partition coefficient (Wildman–Crippen LogP) is 5.74. The molecule has 0 unspecified atom stereocenters. The molecule has 1 N–H and O–H groups in total. The van der Waals surface area contributed by atoms with Gasteiger partial charge in [0.05, 0.1) is 25.0 Å². The number of benzene rings is 3. The Labute approximate surface area is 196 Å². The predicted molar refractivity (Wildman–Crippen MR) is 126 cm³/mol. The van der Waals surface area contributed by atoms with Crippen LogP contribution in [0.2, 0.25) is 10.0 Å². The van der Waals surface area contributed by atoms with Crippen molar-refractivity contribution >= 4 is 35.3 Å². The van der Waals surface area contributed by atoms with Gasteiger partial charge in [-0.2, -0.15) is 5.10 Å². The lowest BCUT2D eigenvalue weighted by Crippen LogP contribution is -2.17. The van der Waals surface area contributed by atoms with Gasteiger partial charge < -0.3 is 14.2 Å². The summed E-state index contributed by atoms with van der Waals surface area (Å²) in [5, 5.41) is 4.98. The molecule has 1 amide bonds. The van der Waals surface area contributed by atoms with E-state index >= 15 is 0 Å². The van der Waals surface area contributed by atoms with E-state index in [-0.39, 0.29) is 12.5 Å². The first-order valence-corrected chi connectivity index (χ1v) is 10.6. The van der Waals surface area contributed by atoms with Crippen LogP contribution < -0.4 is 19.6 Å². The van der Waals surface area contributed by atoms with Crippen LogP contribution in [0.5, 0.6) is 17.2 Å². The Kier molecular flexibility index (Phi) is 8.36. The zero-order valence-electron chi connectivity index (χ0n) is 17.6. The van der Waals surface area contributed by atoms with Crippen molar-refractivity contribution in [3.05, 3.63) is 87.4 Å². The summed E-state index contributed by atoms with van der Waals surface area (Å²) in [4.78, 5) is 12.2. The second kappa shape index (κ2) is 11.4. The van der Waals surface area contributed by atoms with Crippen LogP contribution in [0.1, 0.15) is 28.4 Å². The van der Waals surface area contributed by atoms with Gasteiger partial charge in [-0.25, -0.2) is 5.43 Å². The molecule has 8 heteroatoms. The SMILES string of the molecule is CCOc1ccc(C(=O)N/N=C\c2cc(Cl)c(OCc3cccc(Cl)c3)c(OC)c2)cc1. The molecule has 0 bridgehead atoms. The van der Waals surface area contributed by atoms with Crippen LogP contribution in [0.4, 0.5) is 0 Å². The van der Waals surface area contributed by atoms with E-state index in [9.17, 15) is 4.79 Å². The number of amides is 1. The van der Waals surface area contributed by atoms with Gasteiger partial charge in [0.15, 0.2) is 11.5 Å². The van der Waals surface area contributed by atoms with E-state index in [0.29, 0.717) is 45.0 Å². The molecule has 6 nitrogen and oxygen atoms in total. The van der Waals surface area contributed by atoms with E-state index in [2.05, 4.69) is 10.5 Å². The number of halogens is 2. The number of carbonyl (C=O) groups excluding carboxylic acids is 1. The number of hydrazone groups is 1. The van der Waals surface area contributed by atoms with E-state index in [1.165, 1.54) is 13.3 Å². The fraction of sp³-hybridized carbons (Fsp3) is 0.167. The third-order valence-corrected chi connectivity index (χ3v) is 4.85. The molecule has 0 aromatic heterocycles. The number of nitrogens with zero attached hydrogens (tertiary/aromatic N) is 1. The Morgan fingerprint density at radius 1 is 1.06 bits per heavy atom. The van der Waals surface area contributed by atoms with Crippen LogP contribution in [0.3, 0.4) is 0 Å². The van der Waals surface area contributed by atoms with Gasteiger partial charge >= 0.3 is 0 Å². The summed E-state index contributed by atoms with van der Waals surface area (Å²) in [5.41, 5.74) is 4.48. The van der Waals surface area contributed by atoms with Crippen LogP contribution in [0.25, 0.3) is 0 Å². The average Bonchev–Trinajstić information content (AvgIpc) is 2.78. The van der Waals surface area contributed by atoms with E-state index in [0.717, 1.165) is 5.56 Å². The second-order valence-electron chi connectivity index (χ2n) is 6.61. The summed E-state index contributed by atoms with van der Waals surface area (Å²) >= 11 is 12.4. The Morgan fingerprint density at radius 2 is 1.84 bits per heavy atom. The van der Waals surface area contributed by atoms with Crippen molar-refractivity contribution in [3.8, 4) is 17.2 Å². The second-order valence-corrected chi connectivity index (χ2v) is 7.45. The van der Waals surface area contributed by atoms with E-state index in [4.69, 9.17) is 37.4 Å². The molecule has 0 spiro atoms. The number of hydrogen-bond acceptors (Lipinski definition) is 5. The molecule has 0 saturated carbocycles. The number of hydrogen-bond donors (Lipinski definition) is 1. The van der Waals surface area contributed by atoms with Crippen molar-refractivity contribution in [2.75, 3.05) is 13.7 Å². The normalized spacial score (nSPS) is 10.8. The third kappa shape index (κ3) is 6.39. The van der Waals surface area contributed by atoms with Crippen molar-refractivity contribution in [1.82, 2.24) is 5.43 Å². The molecule has 0 saturated heterocycles. The highest BCUT2D eigenvalue weighted by Gasteiger charge is 2.12. The van der Waals surface area contributed by atoms with Crippen LogP contribution in [0.15, 0.2) is 65.8 Å². The standard InChI is InChI=1S/C24H22Cl2N2O4/c1-3-31-20-9-7-18(8-10-20)24(29)28-27-14-17-12-21(26)23(22(13-17)30-2)32-15-16-5-4-6-19(25)11-16/h4-14H,3,15H2,1-2H3,(H,28,29)/b27-14-. The summed E-state index contributed by atoms with van der Waals surface area (Å²) in [5.74, 6) is 1.21. The van der Waals surface area contributed by atoms with Crippen LogP contribution in [-0.4, -0.2) is 25.8 Å². The summed E-state index contributed by atoms with van der Waals surface area (Å²) in [6.45, 7) is 2.74. The van der Waals surface area contributed by atoms with Gasteiger partial charge in [0.25, 0.3) is 5.91 Å². The molecule has 3 aromatic carbocycles. The van der Waals surface area contributed by atoms with Gasteiger partial charge in [0.1, 0.15) is 12.4 Å². The maximum absolute atomic E-state index is 12.2. The Hall–Kier alpha value is -3.22. The molecule has 0 aliphatic heterocycles. The topological polar surface area (TPSA) is 69.2 Å². The lowest BCUT2D eigenvalue weighted by atomic mass is 10.2. The fourth-order valence-corrected chi connectivity index (χ4v) is 3.32. The van der Waals surface area contributed by atoms with Crippen molar-refractivity contribution in [1.29, 1.82) is 0 Å². The zero-order valence-corrected chi connectivity index (χ0v) is 19.1. The summed E-state index contributed by atoms with van der Waals surface area (Å²) in [6.07, 6.45) is 1.47. The molecule has 0 radical (unpaired) electrons. The Bertz CT molecular complexity index is 1100. The smallest absolute Gasteiger partial charge is 0.271 e. The van der Waals surface area contributed by atoms with Gasteiger partial charge in [-0.15, -0.1) is 0 Å². The zero-order chi connectivity index (χ0) is 22.9. The highest BCUT2D eigenvalue weighted by atomic mass is 35.5. The first kappa shape index (κ1) is 23.4. The molecule has 166 valence electrons. The van der Waals surface area contributed by atoms with Gasteiger partial charge in [-0.1, -0.05) is 35.3 Å². The van der Waals surface area contributed by atoms with Gasteiger partial charge in [0, 0.05) is 10.6 Å². The highest BCUT2D eigenvalue weighted by molar-refractivity contribution is 6.32. The molecule has 3 aromatic rings. The lowest BCUT2D eigenvalue weighted by molar-refractivity contribution is 0.0955. The quantitative estimate of drug-likeness (QED) is 0.318. The lowest BCUT2D eigenvalue weighted by Gasteiger charge is -2.13. The highest BCUT2D eigenvalue weighted by Crippen LogP contribution is 2.36. The van der Waals surface area contributed by atoms with Gasteiger partial charge in [-0.3, -0.25) is 4.79 Å². The van der Waals surface area contributed by atoms with Crippen molar-refractivity contribution in [3.63, 3.8) is 0 Å². The maximum Gasteiger partial charge on any atom is 0.271 e. The largest absolute Gasteiger partial charge is 0.494 e. The monoisotopic (exact) mass is 472 g/mol. The summed E-state index contributed by atoms with van der Waals surface area (Å²) < 4.78 is 16.6. The number of methoxy groups -OCH3 is 1. The third-order valence-electron chi connectivity index (χ3n) is 4.33. The van der Waals surface area contributed by atoms with E-state index in [1.807, 2.05) is 25.1 Å². The number of carbonyl (C=O) groups is 1. The Balaban J connectivity index is 1.65. The van der Waals surface area contributed by atoms with Crippen molar-refractivity contribution in [2.45, 2.75) is 13.5 Å². The van der Waals surface area contributed by atoms with E-state index in [1.54, 1.807) is 42.5 Å². The molecular weight excluding hydrogens is 451 g/mol. The number of ether oxygens (including phenoxy) is 3. The Morgan fingerprint density at radius 3 is 2.53 bits per heavy atom. The van der Waals surface area contributed by atoms with Gasteiger partial charge in [0.2, 0.25) is 0 Å². The maximum atomic E-state index is 12.2. The number of rotatable bonds is 9. The molecular formula is C24H22Cl2N2O4. The molecule has 0 atom stereocenters. The van der Waals surface area contributed by atoms with Crippen LogP contribution in [0, 0.1) is 0 Å². The van der Waals surface area contributed by atoms with Crippen molar-refractivity contribution in [2.24, 2.45) is 5.10 Å². The van der Waals surface area contributed by atoms with E-state index < -0.39 is 0 Å². The van der Waals surface area contributed by atoms with Gasteiger partial charge in [-0.05, 0) is 66.6 Å². The minimum absolute atomic E-state index is 0.280. The molecule has 32 heavy (non-hydrogen) atoms. The molecule has 0 aliphatic rings. The minimum Gasteiger partial charge on any atom is -0.494 e.